The van der Waals surface area contributed by atoms with Gasteiger partial charge in [-0.1, -0.05) is 121 Å². The van der Waals surface area contributed by atoms with Crippen LogP contribution in [0.2, 0.25) is 0 Å². The molecule has 0 spiro atoms. The van der Waals surface area contributed by atoms with Crippen molar-refractivity contribution in [2.45, 2.75) is 0 Å². The summed E-state index contributed by atoms with van der Waals surface area (Å²) in [6.07, 6.45) is 4.17. The van der Waals surface area contributed by atoms with E-state index in [1.165, 1.54) is 0 Å². The maximum absolute atomic E-state index is 5.06. The average molecular weight is 439 g/mol. The van der Waals surface area contributed by atoms with Crippen molar-refractivity contribution in [2.24, 2.45) is 0 Å². The van der Waals surface area contributed by atoms with Gasteiger partial charge < -0.3 is 0 Å². The number of imidazole rings is 2. The molecule has 0 aliphatic carbocycles. The number of benzene rings is 4. The van der Waals surface area contributed by atoms with Crippen LogP contribution in [0.3, 0.4) is 0 Å². The van der Waals surface area contributed by atoms with Gasteiger partial charge in [0.25, 0.3) is 0 Å². The van der Waals surface area contributed by atoms with Crippen molar-refractivity contribution < 1.29 is 0 Å². The van der Waals surface area contributed by atoms with Crippen LogP contribution in [0, 0.1) is 0 Å². The van der Waals surface area contributed by atoms with Gasteiger partial charge >= 0.3 is 0 Å². The highest BCUT2D eigenvalue weighted by molar-refractivity contribution is 5.68. The molecule has 0 aliphatic heterocycles. The standard InChI is InChI=1S/C30H22N4/c1-5-13-23(14-6-1)27-21-33(29(31-27)25-17-9-3-10-18-25)34-22-28(24-15-7-2-8-16-24)32-30(34)26-19-11-4-12-20-26/h1-22H. The fourth-order valence-corrected chi connectivity index (χ4v) is 4.13. The van der Waals surface area contributed by atoms with Crippen molar-refractivity contribution in [3.63, 3.8) is 0 Å². The first kappa shape index (κ1) is 19.9. The summed E-state index contributed by atoms with van der Waals surface area (Å²) in [7, 11) is 0. The van der Waals surface area contributed by atoms with Gasteiger partial charge in [0.1, 0.15) is 0 Å². The summed E-state index contributed by atoms with van der Waals surface area (Å²) < 4.78 is 4.19. The Morgan fingerprint density at radius 2 is 0.647 bits per heavy atom. The van der Waals surface area contributed by atoms with E-state index in [2.05, 4.69) is 70.3 Å². The Balaban J connectivity index is 1.61. The highest BCUT2D eigenvalue weighted by atomic mass is 15.5. The van der Waals surface area contributed by atoms with E-state index in [0.717, 1.165) is 45.3 Å². The lowest BCUT2D eigenvalue weighted by atomic mass is 10.2. The Kier molecular flexibility index (Phi) is 5.09. The molecule has 0 saturated carbocycles. The maximum Gasteiger partial charge on any atom is 0.159 e. The third-order valence-corrected chi connectivity index (χ3v) is 5.81. The molecule has 0 bridgehead atoms. The Labute approximate surface area is 198 Å². The summed E-state index contributed by atoms with van der Waals surface area (Å²) in [4.78, 5) is 10.1. The van der Waals surface area contributed by atoms with Crippen LogP contribution >= 0.6 is 0 Å². The van der Waals surface area contributed by atoms with Crippen LogP contribution in [0.1, 0.15) is 0 Å². The van der Waals surface area contributed by atoms with Gasteiger partial charge in [-0.15, -0.1) is 0 Å². The molecule has 4 nitrogen and oxygen atoms in total. The average Bonchev–Trinajstić information content (AvgIpc) is 3.56. The minimum Gasteiger partial charge on any atom is -0.234 e. The van der Waals surface area contributed by atoms with Crippen molar-refractivity contribution >= 4 is 0 Å². The van der Waals surface area contributed by atoms with Crippen LogP contribution in [-0.2, 0) is 0 Å². The number of hydrogen-bond acceptors (Lipinski definition) is 2. The van der Waals surface area contributed by atoms with E-state index >= 15 is 0 Å². The van der Waals surface area contributed by atoms with Crippen molar-refractivity contribution in [3.8, 4) is 45.3 Å². The van der Waals surface area contributed by atoms with Gasteiger partial charge in [-0.25, -0.2) is 19.3 Å². The molecule has 34 heavy (non-hydrogen) atoms. The third-order valence-electron chi connectivity index (χ3n) is 5.81. The first-order valence-corrected chi connectivity index (χ1v) is 11.3. The van der Waals surface area contributed by atoms with Crippen molar-refractivity contribution in [1.82, 2.24) is 19.3 Å². The molecule has 0 radical (unpaired) electrons. The Morgan fingerprint density at radius 3 is 0.971 bits per heavy atom. The first-order chi connectivity index (χ1) is 16.9. The van der Waals surface area contributed by atoms with Crippen LogP contribution in [0.5, 0.6) is 0 Å². The van der Waals surface area contributed by atoms with Crippen LogP contribution < -0.4 is 0 Å². The summed E-state index contributed by atoms with van der Waals surface area (Å²) in [5.74, 6) is 1.71. The van der Waals surface area contributed by atoms with Gasteiger partial charge in [0, 0.05) is 22.3 Å². The van der Waals surface area contributed by atoms with Gasteiger partial charge in [-0.3, -0.25) is 0 Å². The molecule has 0 aliphatic rings. The van der Waals surface area contributed by atoms with E-state index in [1.54, 1.807) is 0 Å². The molecule has 0 unspecified atom stereocenters. The molecule has 0 saturated heterocycles. The normalized spacial score (nSPS) is 10.9. The van der Waals surface area contributed by atoms with E-state index in [0.29, 0.717) is 0 Å². The topological polar surface area (TPSA) is 35.6 Å². The second kappa shape index (κ2) is 8.68. The fraction of sp³-hybridized carbons (Fsp3) is 0. The third kappa shape index (κ3) is 3.71. The van der Waals surface area contributed by atoms with Crippen LogP contribution in [0.15, 0.2) is 134 Å². The second-order valence-electron chi connectivity index (χ2n) is 8.05. The van der Waals surface area contributed by atoms with Crippen LogP contribution in [-0.4, -0.2) is 19.3 Å². The maximum atomic E-state index is 5.06. The van der Waals surface area contributed by atoms with E-state index in [1.807, 2.05) is 72.8 Å². The molecule has 162 valence electrons. The number of rotatable bonds is 5. The summed E-state index contributed by atoms with van der Waals surface area (Å²) in [6.45, 7) is 0. The highest BCUT2D eigenvalue weighted by Gasteiger charge is 2.18. The lowest BCUT2D eigenvalue weighted by Crippen LogP contribution is -2.10. The Hall–Kier alpha value is -4.70. The van der Waals surface area contributed by atoms with Crippen LogP contribution in [0.25, 0.3) is 45.3 Å². The van der Waals surface area contributed by atoms with Crippen LogP contribution in [0.4, 0.5) is 0 Å². The van der Waals surface area contributed by atoms with Gasteiger partial charge in [0.2, 0.25) is 0 Å². The molecule has 4 aromatic carbocycles. The van der Waals surface area contributed by atoms with Crippen molar-refractivity contribution in [3.05, 3.63) is 134 Å². The SMILES string of the molecule is c1ccc(-c2cn(-n3cc(-c4ccccc4)nc3-c3ccccc3)c(-c3ccccc3)n2)cc1. The van der Waals surface area contributed by atoms with Gasteiger partial charge in [-0.2, -0.15) is 0 Å². The molecule has 0 N–H and O–H groups in total. The zero-order chi connectivity index (χ0) is 22.7. The molecule has 2 heterocycles. The van der Waals surface area contributed by atoms with E-state index in [-0.39, 0.29) is 0 Å². The smallest absolute Gasteiger partial charge is 0.159 e. The van der Waals surface area contributed by atoms with E-state index in [9.17, 15) is 0 Å². The number of aromatic nitrogens is 4. The lowest BCUT2D eigenvalue weighted by molar-refractivity contribution is 0.674. The predicted octanol–water partition coefficient (Wildman–Crippen LogP) is 7.06. The monoisotopic (exact) mass is 438 g/mol. The molecule has 0 atom stereocenters. The summed E-state index contributed by atoms with van der Waals surface area (Å²) in [5.41, 5.74) is 6.05. The first-order valence-electron chi connectivity index (χ1n) is 11.3. The molecular weight excluding hydrogens is 416 g/mol. The zero-order valence-electron chi connectivity index (χ0n) is 18.5. The minimum atomic E-state index is 0.855. The number of hydrogen-bond donors (Lipinski definition) is 0. The molecule has 4 heteroatoms. The van der Waals surface area contributed by atoms with Crippen molar-refractivity contribution in [2.75, 3.05) is 0 Å². The van der Waals surface area contributed by atoms with Gasteiger partial charge in [0.15, 0.2) is 11.6 Å². The molecule has 6 rings (SSSR count). The lowest BCUT2D eigenvalue weighted by Gasteiger charge is -2.12. The predicted molar refractivity (Wildman–Crippen MR) is 137 cm³/mol. The minimum absolute atomic E-state index is 0.855. The summed E-state index contributed by atoms with van der Waals surface area (Å²) in [5, 5.41) is 0. The zero-order valence-corrected chi connectivity index (χ0v) is 18.5. The molecule has 0 amide bonds. The summed E-state index contributed by atoms with van der Waals surface area (Å²) in [6, 6.07) is 41.1. The van der Waals surface area contributed by atoms with Gasteiger partial charge in [-0.05, 0) is 0 Å². The second-order valence-corrected chi connectivity index (χ2v) is 8.05. The van der Waals surface area contributed by atoms with Gasteiger partial charge in [0.05, 0.1) is 23.8 Å². The molecule has 6 aromatic rings. The molecular formula is C30H22N4. The fourth-order valence-electron chi connectivity index (χ4n) is 4.13. The van der Waals surface area contributed by atoms with E-state index < -0.39 is 0 Å². The highest BCUT2D eigenvalue weighted by Crippen LogP contribution is 2.30. The number of nitrogens with zero attached hydrogens (tertiary/aromatic N) is 4. The molecule has 0 fully saturated rings. The summed E-state index contributed by atoms with van der Waals surface area (Å²) >= 11 is 0. The van der Waals surface area contributed by atoms with E-state index in [4.69, 9.17) is 9.97 Å². The van der Waals surface area contributed by atoms with Crippen molar-refractivity contribution in [1.29, 1.82) is 0 Å². The quantitative estimate of drug-likeness (QED) is 0.289. The molecule has 2 aromatic heterocycles. The largest absolute Gasteiger partial charge is 0.234 e. The Morgan fingerprint density at radius 1 is 0.353 bits per heavy atom. The Bertz CT molecular complexity index is 1400.